The van der Waals surface area contributed by atoms with Gasteiger partial charge in [0.2, 0.25) is 10.0 Å². The van der Waals surface area contributed by atoms with Crippen LogP contribution in [0.4, 0.5) is 0 Å². The van der Waals surface area contributed by atoms with Crippen LogP contribution < -0.4 is 0 Å². The third-order valence-electron chi connectivity index (χ3n) is 8.01. The summed E-state index contributed by atoms with van der Waals surface area (Å²) in [5, 5.41) is 11.0. The second kappa shape index (κ2) is 10.6. The van der Waals surface area contributed by atoms with E-state index < -0.39 is 16.0 Å². The number of aromatic carboxylic acids is 1. The number of fused-ring (bicyclic) bond motifs is 2. The van der Waals surface area contributed by atoms with Crippen LogP contribution in [-0.4, -0.2) is 66.1 Å². The molecule has 0 aliphatic carbocycles. The van der Waals surface area contributed by atoms with Crippen molar-refractivity contribution in [3.8, 4) is 23.0 Å². The fourth-order valence-electron chi connectivity index (χ4n) is 5.95. The molecule has 1 atom stereocenters. The molecular weight excluding hydrogens is 522 g/mol. The van der Waals surface area contributed by atoms with Crippen LogP contribution in [0.2, 0.25) is 0 Å². The van der Waals surface area contributed by atoms with E-state index in [-0.39, 0.29) is 5.56 Å². The minimum Gasteiger partial charge on any atom is -0.478 e. The first-order valence-electron chi connectivity index (χ1n) is 13.5. The molecule has 0 radical (unpaired) electrons. The number of sulfonamides is 1. The number of nitrogens with one attached hydrogen (secondary N) is 1. The summed E-state index contributed by atoms with van der Waals surface area (Å²) in [4.78, 5) is 17.7. The van der Waals surface area contributed by atoms with Crippen molar-refractivity contribution >= 4 is 26.9 Å². The van der Waals surface area contributed by atoms with Gasteiger partial charge in [-0.3, -0.25) is 4.90 Å². The smallest absolute Gasteiger partial charge is 0.336 e. The first kappa shape index (κ1) is 26.3. The molecule has 2 N–H and O–H groups in total. The average molecular weight is 554 g/mol. The molecule has 3 aromatic carbocycles. The van der Waals surface area contributed by atoms with Gasteiger partial charge in [-0.2, -0.15) is 0 Å². The van der Waals surface area contributed by atoms with Crippen molar-refractivity contribution < 1.29 is 18.3 Å². The highest BCUT2D eigenvalue weighted by Crippen LogP contribution is 2.31. The van der Waals surface area contributed by atoms with E-state index in [2.05, 4.69) is 33.9 Å². The van der Waals surface area contributed by atoms with Crippen molar-refractivity contribution in [3.05, 3.63) is 94.7 Å². The fraction of sp³-hybridized carbons (Fsp3) is 0.281. The molecule has 6 rings (SSSR count). The second-order valence-corrected chi connectivity index (χ2v) is 12.8. The highest BCUT2D eigenvalue weighted by molar-refractivity contribution is 7.88. The van der Waals surface area contributed by atoms with Crippen molar-refractivity contribution in [2.75, 3.05) is 32.4 Å². The minimum atomic E-state index is -3.12. The maximum absolute atomic E-state index is 12.1. The number of carboxylic acids is 1. The number of hydrogen-bond donors (Lipinski definition) is 2. The third-order valence-corrected chi connectivity index (χ3v) is 9.28. The van der Waals surface area contributed by atoms with Crippen LogP contribution >= 0.6 is 0 Å². The molecule has 1 unspecified atom stereocenters. The van der Waals surface area contributed by atoms with Gasteiger partial charge in [0.25, 0.3) is 0 Å². The Morgan fingerprint density at radius 3 is 2.73 bits per heavy atom. The molecule has 4 aromatic rings. The van der Waals surface area contributed by atoms with E-state index in [1.165, 1.54) is 17.4 Å². The summed E-state index contributed by atoms with van der Waals surface area (Å²) in [7, 11) is -3.12. The van der Waals surface area contributed by atoms with Crippen molar-refractivity contribution in [3.63, 3.8) is 0 Å². The van der Waals surface area contributed by atoms with Gasteiger partial charge in [-0.15, -0.1) is 0 Å². The van der Waals surface area contributed by atoms with Crippen LogP contribution in [0.15, 0.2) is 66.9 Å². The molecule has 0 amide bonds. The monoisotopic (exact) mass is 553 g/mol. The summed E-state index contributed by atoms with van der Waals surface area (Å²) < 4.78 is 25.3. The summed E-state index contributed by atoms with van der Waals surface area (Å²) in [6.45, 7) is 3.92. The standard InChI is InChI=1S/C32H31N3O4S/c1-40(38,39)35-16-12-23(20-35)19-34-15-13-26-17-22(6-8-28(26)21-34)5-7-25-3-2-4-29(32(36)37)31(25)27-10-9-24-11-14-33-30(24)18-27/h2-4,6,8-11,14,17-18,23,33H,12-13,15-16,19-21H2,1H3,(H,36,37). The molecule has 2 aliphatic rings. The van der Waals surface area contributed by atoms with Gasteiger partial charge in [0.1, 0.15) is 0 Å². The zero-order valence-electron chi connectivity index (χ0n) is 22.4. The summed E-state index contributed by atoms with van der Waals surface area (Å²) in [5.41, 5.74) is 6.74. The zero-order valence-corrected chi connectivity index (χ0v) is 23.2. The molecule has 0 bridgehead atoms. The van der Waals surface area contributed by atoms with Crippen molar-refractivity contribution in [2.45, 2.75) is 19.4 Å². The number of aromatic nitrogens is 1. The molecule has 1 fully saturated rings. The van der Waals surface area contributed by atoms with Crippen LogP contribution in [0.5, 0.6) is 0 Å². The summed E-state index contributed by atoms with van der Waals surface area (Å²) >= 11 is 0. The summed E-state index contributed by atoms with van der Waals surface area (Å²) in [6.07, 6.45) is 4.99. The molecular formula is C32H31N3O4S. The molecule has 8 heteroatoms. The van der Waals surface area contributed by atoms with Gasteiger partial charge >= 0.3 is 5.97 Å². The number of benzene rings is 3. The highest BCUT2D eigenvalue weighted by Gasteiger charge is 2.30. The maximum Gasteiger partial charge on any atom is 0.336 e. The highest BCUT2D eigenvalue weighted by atomic mass is 32.2. The summed E-state index contributed by atoms with van der Waals surface area (Å²) in [6, 6.07) is 19.4. The van der Waals surface area contributed by atoms with Gasteiger partial charge in [0, 0.05) is 61.1 Å². The fourth-order valence-corrected chi connectivity index (χ4v) is 6.86. The molecule has 0 spiro atoms. The lowest BCUT2D eigenvalue weighted by Gasteiger charge is -2.31. The second-order valence-electron chi connectivity index (χ2n) is 10.8. The summed E-state index contributed by atoms with van der Waals surface area (Å²) in [5.74, 6) is 5.93. The lowest BCUT2D eigenvalue weighted by molar-refractivity contribution is 0.0697. The predicted molar refractivity (Wildman–Crippen MR) is 157 cm³/mol. The van der Waals surface area contributed by atoms with Crippen molar-refractivity contribution in [1.29, 1.82) is 0 Å². The molecule has 204 valence electrons. The lowest BCUT2D eigenvalue weighted by atomic mass is 9.93. The van der Waals surface area contributed by atoms with E-state index in [0.29, 0.717) is 30.1 Å². The Balaban J connectivity index is 1.22. The first-order chi connectivity index (χ1) is 19.2. The van der Waals surface area contributed by atoms with Crippen molar-refractivity contribution in [1.82, 2.24) is 14.2 Å². The van der Waals surface area contributed by atoms with Gasteiger partial charge in [-0.05, 0) is 77.2 Å². The Morgan fingerprint density at radius 1 is 1.05 bits per heavy atom. The van der Waals surface area contributed by atoms with Crippen LogP contribution in [0.1, 0.15) is 39.0 Å². The SMILES string of the molecule is CS(=O)(=O)N1CCC(CN2CCc3cc(C#Cc4cccc(C(=O)O)c4-c4ccc5cc[nH]c5c4)ccc3C2)C1. The van der Waals surface area contributed by atoms with E-state index in [1.54, 1.807) is 16.4 Å². The number of carboxylic acid groups (broad SMARTS) is 1. The van der Waals surface area contributed by atoms with E-state index in [9.17, 15) is 18.3 Å². The van der Waals surface area contributed by atoms with Crippen molar-refractivity contribution in [2.24, 2.45) is 5.92 Å². The number of nitrogens with zero attached hydrogens (tertiary/aromatic N) is 2. The number of carbonyl (C=O) groups is 1. The molecule has 2 aliphatic heterocycles. The van der Waals surface area contributed by atoms with Crippen LogP contribution in [0.25, 0.3) is 22.0 Å². The Bertz CT molecular complexity index is 1780. The molecule has 40 heavy (non-hydrogen) atoms. The van der Waals surface area contributed by atoms with Gasteiger partial charge in [0.15, 0.2) is 0 Å². The van der Waals surface area contributed by atoms with Gasteiger partial charge in [-0.1, -0.05) is 36.1 Å². The number of H-pyrrole nitrogens is 1. The quantitative estimate of drug-likeness (QED) is 0.353. The zero-order chi connectivity index (χ0) is 27.9. The Morgan fingerprint density at radius 2 is 1.93 bits per heavy atom. The number of hydrogen-bond acceptors (Lipinski definition) is 4. The minimum absolute atomic E-state index is 0.227. The molecule has 1 aromatic heterocycles. The Labute approximate surface area is 234 Å². The molecule has 0 saturated carbocycles. The third kappa shape index (κ3) is 5.41. The van der Waals surface area contributed by atoms with Crippen LogP contribution in [0, 0.1) is 17.8 Å². The number of rotatable bonds is 5. The van der Waals surface area contributed by atoms with E-state index in [0.717, 1.165) is 54.5 Å². The van der Waals surface area contributed by atoms with Gasteiger partial charge < -0.3 is 10.1 Å². The van der Waals surface area contributed by atoms with Gasteiger partial charge in [-0.25, -0.2) is 17.5 Å². The lowest BCUT2D eigenvalue weighted by Crippen LogP contribution is -2.36. The van der Waals surface area contributed by atoms with E-state index >= 15 is 0 Å². The molecule has 3 heterocycles. The van der Waals surface area contributed by atoms with Crippen LogP contribution in [-0.2, 0) is 23.0 Å². The topological polar surface area (TPSA) is 93.7 Å². The largest absolute Gasteiger partial charge is 0.478 e. The molecule has 7 nitrogen and oxygen atoms in total. The number of aromatic amines is 1. The Hall–Kier alpha value is -3.90. The Kier molecular flexibility index (Phi) is 6.97. The van der Waals surface area contributed by atoms with Gasteiger partial charge in [0.05, 0.1) is 11.8 Å². The molecule has 1 saturated heterocycles. The first-order valence-corrected chi connectivity index (χ1v) is 15.3. The average Bonchev–Trinajstić information content (AvgIpc) is 3.61. The maximum atomic E-state index is 12.1. The normalized spacial score (nSPS) is 17.9. The van der Waals surface area contributed by atoms with E-state index in [1.807, 2.05) is 42.6 Å². The van der Waals surface area contributed by atoms with E-state index in [4.69, 9.17) is 0 Å². The predicted octanol–water partition coefficient (Wildman–Crippen LogP) is 4.57. The van der Waals surface area contributed by atoms with Crippen LogP contribution in [0.3, 0.4) is 0 Å².